The largest absolute Gasteiger partial charge is 0.385 e. The Morgan fingerprint density at radius 2 is 2.07 bits per heavy atom. The van der Waals surface area contributed by atoms with Gasteiger partial charge in [-0.3, -0.25) is 4.98 Å². The number of hydrogen-bond donors (Lipinski definition) is 1. The summed E-state index contributed by atoms with van der Waals surface area (Å²) in [6.45, 7) is 4.06. The first-order valence-corrected chi connectivity index (χ1v) is 5.47. The molecule has 3 nitrogen and oxygen atoms in total. The molecule has 0 aliphatic rings. The van der Waals surface area contributed by atoms with Gasteiger partial charge < -0.3 is 10.1 Å². The summed E-state index contributed by atoms with van der Waals surface area (Å²) in [7, 11) is 1.74. The molecule has 3 heteroatoms. The van der Waals surface area contributed by atoms with Crippen molar-refractivity contribution in [2.45, 2.75) is 25.8 Å². The molecule has 1 rings (SSSR count). The molecule has 0 aliphatic heterocycles. The molecule has 1 aromatic rings. The molecule has 1 atom stereocenters. The fraction of sp³-hybridized carbons (Fsp3) is 0.583. The van der Waals surface area contributed by atoms with E-state index in [0.29, 0.717) is 6.04 Å². The van der Waals surface area contributed by atoms with Gasteiger partial charge >= 0.3 is 0 Å². The molecule has 0 fully saturated rings. The summed E-state index contributed by atoms with van der Waals surface area (Å²) in [5.41, 5.74) is 1.29. The van der Waals surface area contributed by atoms with Crippen LogP contribution in [0.3, 0.4) is 0 Å². The smallest absolute Gasteiger partial charge is 0.0462 e. The maximum atomic E-state index is 5.00. The number of methoxy groups -OCH3 is 1. The van der Waals surface area contributed by atoms with Crippen molar-refractivity contribution in [2.75, 3.05) is 20.3 Å². The summed E-state index contributed by atoms with van der Waals surface area (Å²) in [5, 5.41) is 3.47. The number of unbranched alkanes of at least 4 members (excludes halogenated alkanes) is 1. The molecule has 0 aromatic carbocycles. The van der Waals surface area contributed by atoms with E-state index in [-0.39, 0.29) is 0 Å². The molecular weight excluding hydrogens is 188 g/mol. The fourth-order valence-corrected chi connectivity index (χ4v) is 1.46. The maximum absolute atomic E-state index is 5.00. The molecular formula is C12H20N2O. The number of nitrogens with one attached hydrogen (secondary N) is 1. The number of rotatable bonds is 7. The Kier molecular flexibility index (Phi) is 5.97. The summed E-state index contributed by atoms with van der Waals surface area (Å²) in [6.07, 6.45) is 5.94. The first-order chi connectivity index (χ1) is 7.34. The lowest BCUT2D eigenvalue weighted by Crippen LogP contribution is -2.20. The van der Waals surface area contributed by atoms with Crippen molar-refractivity contribution in [3.05, 3.63) is 30.1 Å². The fourth-order valence-electron chi connectivity index (χ4n) is 1.46. The van der Waals surface area contributed by atoms with Crippen LogP contribution in [0, 0.1) is 0 Å². The molecule has 0 saturated carbocycles. The van der Waals surface area contributed by atoms with Gasteiger partial charge in [0, 0.05) is 32.2 Å². The second kappa shape index (κ2) is 7.37. The highest BCUT2D eigenvalue weighted by molar-refractivity contribution is 5.13. The van der Waals surface area contributed by atoms with Crippen molar-refractivity contribution in [3.8, 4) is 0 Å². The van der Waals surface area contributed by atoms with E-state index in [1.807, 2.05) is 24.5 Å². The van der Waals surface area contributed by atoms with Crippen molar-refractivity contribution in [1.29, 1.82) is 0 Å². The monoisotopic (exact) mass is 208 g/mol. The van der Waals surface area contributed by atoms with Crippen molar-refractivity contribution in [3.63, 3.8) is 0 Å². The molecule has 15 heavy (non-hydrogen) atoms. The van der Waals surface area contributed by atoms with Crippen LogP contribution in [0.4, 0.5) is 0 Å². The maximum Gasteiger partial charge on any atom is 0.0462 e. The molecule has 0 unspecified atom stereocenters. The lowest BCUT2D eigenvalue weighted by molar-refractivity contribution is 0.192. The average molecular weight is 208 g/mol. The van der Waals surface area contributed by atoms with Crippen LogP contribution in [0.25, 0.3) is 0 Å². The standard InChI is InChI=1S/C12H20N2O/c1-11(12-5-8-13-9-6-12)14-7-3-4-10-15-2/h5-6,8-9,11,14H,3-4,7,10H2,1-2H3/t11-/m0/s1. The summed E-state index contributed by atoms with van der Waals surface area (Å²) in [6, 6.07) is 4.50. The summed E-state index contributed by atoms with van der Waals surface area (Å²) < 4.78 is 5.00. The Balaban J connectivity index is 2.16. The number of ether oxygens (including phenoxy) is 1. The minimum atomic E-state index is 0.399. The summed E-state index contributed by atoms with van der Waals surface area (Å²) in [5.74, 6) is 0. The molecule has 0 aliphatic carbocycles. The lowest BCUT2D eigenvalue weighted by Gasteiger charge is -2.13. The van der Waals surface area contributed by atoms with E-state index < -0.39 is 0 Å². The minimum Gasteiger partial charge on any atom is -0.385 e. The van der Waals surface area contributed by atoms with Crippen LogP contribution in [0.15, 0.2) is 24.5 Å². The molecule has 0 saturated heterocycles. The Bertz CT molecular complexity index is 251. The van der Waals surface area contributed by atoms with E-state index in [2.05, 4.69) is 17.2 Å². The first kappa shape index (κ1) is 12.1. The van der Waals surface area contributed by atoms with Gasteiger partial charge in [-0.05, 0) is 44.0 Å². The second-order valence-corrected chi connectivity index (χ2v) is 3.66. The van der Waals surface area contributed by atoms with Crippen LogP contribution in [-0.2, 0) is 4.74 Å². The Labute approximate surface area is 91.9 Å². The van der Waals surface area contributed by atoms with E-state index in [9.17, 15) is 0 Å². The third-order valence-corrected chi connectivity index (χ3v) is 2.43. The van der Waals surface area contributed by atoms with Crippen LogP contribution in [0.2, 0.25) is 0 Å². The number of nitrogens with zero attached hydrogens (tertiary/aromatic N) is 1. The van der Waals surface area contributed by atoms with E-state index >= 15 is 0 Å². The highest BCUT2D eigenvalue weighted by Gasteiger charge is 2.02. The molecule has 0 bridgehead atoms. The SMILES string of the molecule is COCCCCN[C@@H](C)c1ccncc1. The molecule has 1 heterocycles. The van der Waals surface area contributed by atoms with Crippen molar-refractivity contribution in [2.24, 2.45) is 0 Å². The Morgan fingerprint density at radius 3 is 2.73 bits per heavy atom. The summed E-state index contributed by atoms with van der Waals surface area (Å²) in [4.78, 5) is 4.00. The molecule has 0 amide bonds. The predicted octanol–water partition coefficient (Wildman–Crippen LogP) is 2.16. The topological polar surface area (TPSA) is 34.1 Å². The molecule has 1 N–H and O–H groups in total. The van der Waals surface area contributed by atoms with Gasteiger partial charge in [-0.1, -0.05) is 0 Å². The van der Waals surface area contributed by atoms with Gasteiger partial charge in [-0.2, -0.15) is 0 Å². The highest BCUT2D eigenvalue weighted by atomic mass is 16.5. The van der Waals surface area contributed by atoms with E-state index in [1.54, 1.807) is 7.11 Å². The lowest BCUT2D eigenvalue weighted by atomic mass is 10.1. The van der Waals surface area contributed by atoms with Crippen molar-refractivity contribution in [1.82, 2.24) is 10.3 Å². The number of hydrogen-bond acceptors (Lipinski definition) is 3. The van der Waals surface area contributed by atoms with Gasteiger partial charge in [0.25, 0.3) is 0 Å². The highest BCUT2D eigenvalue weighted by Crippen LogP contribution is 2.09. The summed E-state index contributed by atoms with van der Waals surface area (Å²) >= 11 is 0. The van der Waals surface area contributed by atoms with Gasteiger partial charge in [0.15, 0.2) is 0 Å². The van der Waals surface area contributed by atoms with Crippen LogP contribution >= 0.6 is 0 Å². The zero-order chi connectivity index (χ0) is 10.9. The Hall–Kier alpha value is -0.930. The number of pyridine rings is 1. The third kappa shape index (κ3) is 4.91. The van der Waals surface area contributed by atoms with Crippen LogP contribution in [0.5, 0.6) is 0 Å². The molecule has 1 aromatic heterocycles. The van der Waals surface area contributed by atoms with Gasteiger partial charge in [-0.25, -0.2) is 0 Å². The average Bonchev–Trinajstić information content (AvgIpc) is 2.30. The zero-order valence-electron chi connectivity index (χ0n) is 9.57. The molecule has 0 radical (unpaired) electrons. The number of aromatic nitrogens is 1. The van der Waals surface area contributed by atoms with Crippen LogP contribution < -0.4 is 5.32 Å². The predicted molar refractivity (Wildman–Crippen MR) is 61.8 cm³/mol. The first-order valence-electron chi connectivity index (χ1n) is 5.47. The van der Waals surface area contributed by atoms with E-state index in [1.165, 1.54) is 5.56 Å². The van der Waals surface area contributed by atoms with Gasteiger partial charge in [0.1, 0.15) is 0 Å². The van der Waals surface area contributed by atoms with E-state index in [0.717, 1.165) is 26.0 Å². The molecule has 84 valence electrons. The normalized spacial score (nSPS) is 12.7. The van der Waals surface area contributed by atoms with Crippen molar-refractivity contribution >= 4 is 0 Å². The van der Waals surface area contributed by atoms with Gasteiger partial charge in [-0.15, -0.1) is 0 Å². The van der Waals surface area contributed by atoms with Crippen LogP contribution in [0.1, 0.15) is 31.4 Å². The van der Waals surface area contributed by atoms with Crippen molar-refractivity contribution < 1.29 is 4.74 Å². The Morgan fingerprint density at radius 1 is 1.33 bits per heavy atom. The van der Waals surface area contributed by atoms with Crippen LogP contribution in [-0.4, -0.2) is 25.2 Å². The quantitative estimate of drug-likeness (QED) is 0.697. The molecule has 0 spiro atoms. The zero-order valence-corrected chi connectivity index (χ0v) is 9.57. The third-order valence-electron chi connectivity index (χ3n) is 2.43. The van der Waals surface area contributed by atoms with E-state index in [4.69, 9.17) is 4.74 Å². The second-order valence-electron chi connectivity index (χ2n) is 3.66. The minimum absolute atomic E-state index is 0.399. The van der Waals surface area contributed by atoms with Gasteiger partial charge in [0.05, 0.1) is 0 Å². The van der Waals surface area contributed by atoms with Gasteiger partial charge in [0.2, 0.25) is 0 Å².